The van der Waals surface area contributed by atoms with E-state index in [1.165, 1.54) is 17.0 Å². The first kappa shape index (κ1) is 28.8. The molecule has 0 aliphatic rings. The Morgan fingerprint density at radius 3 is 2.30 bits per heavy atom. The Balaban J connectivity index is 1.84. The van der Waals surface area contributed by atoms with E-state index in [0.29, 0.717) is 33.8 Å². The van der Waals surface area contributed by atoms with Gasteiger partial charge in [0, 0.05) is 23.7 Å². The van der Waals surface area contributed by atoms with Crippen LogP contribution >= 0.6 is 34.8 Å². The van der Waals surface area contributed by atoms with Gasteiger partial charge in [0.15, 0.2) is 0 Å². The number of amides is 3. The molecular weight excluding hydrogens is 540 g/mol. The van der Waals surface area contributed by atoms with E-state index in [0.717, 1.165) is 11.8 Å². The summed E-state index contributed by atoms with van der Waals surface area (Å²) in [6.07, 6.45) is 0. The quantitative estimate of drug-likeness (QED) is 0.312. The zero-order valence-corrected chi connectivity index (χ0v) is 23.5. The Hall–Kier alpha value is -2.81. The van der Waals surface area contributed by atoms with Crippen LogP contribution in [0.3, 0.4) is 0 Å². The second-order valence-electron chi connectivity index (χ2n) is 10.1. The minimum absolute atomic E-state index is 0.0876. The Morgan fingerprint density at radius 1 is 1.00 bits per heavy atom. The van der Waals surface area contributed by atoms with Gasteiger partial charge in [-0.2, -0.15) is 5.10 Å². The molecule has 3 rings (SSSR count). The lowest BCUT2D eigenvalue weighted by molar-refractivity contribution is -0.116. The van der Waals surface area contributed by atoms with E-state index in [9.17, 15) is 14.0 Å². The molecule has 2 N–H and O–H groups in total. The number of nitrogens with one attached hydrogen (secondary N) is 2. The van der Waals surface area contributed by atoms with Gasteiger partial charge in [-0.25, -0.2) is 13.9 Å². The molecule has 3 aromatic rings. The van der Waals surface area contributed by atoms with Crippen LogP contribution in [0.2, 0.25) is 15.1 Å². The third kappa shape index (κ3) is 7.60. The van der Waals surface area contributed by atoms with Gasteiger partial charge in [0.1, 0.15) is 18.2 Å². The molecule has 0 unspecified atom stereocenters. The fourth-order valence-corrected chi connectivity index (χ4v) is 3.92. The number of hydrogen-bond acceptors (Lipinski definition) is 3. The Labute approximate surface area is 230 Å². The largest absolute Gasteiger partial charge is 0.322 e. The van der Waals surface area contributed by atoms with Crippen LogP contribution in [0.5, 0.6) is 0 Å². The number of halogens is 4. The van der Waals surface area contributed by atoms with Gasteiger partial charge < -0.3 is 15.5 Å². The van der Waals surface area contributed by atoms with Crippen LogP contribution in [0.4, 0.5) is 20.7 Å². The summed E-state index contributed by atoms with van der Waals surface area (Å²) in [5.41, 5.74) is 1.39. The van der Waals surface area contributed by atoms with Crippen LogP contribution in [0.15, 0.2) is 42.5 Å². The van der Waals surface area contributed by atoms with Gasteiger partial charge in [0.25, 0.3) is 0 Å². The maximum absolute atomic E-state index is 13.5. The molecule has 0 bridgehead atoms. The van der Waals surface area contributed by atoms with Crippen molar-refractivity contribution in [1.82, 2.24) is 14.7 Å². The summed E-state index contributed by atoms with van der Waals surface area (Å²) in [6.45, 7) is 9.98. The van der Waals surface area contributed by atoms with Crippen LogP contribution < -0.4 is 10.6 Å². The van der Waals surface area contributed by atoms with Crippen LogP contribution in [-0.2, 0) is 10.2 Å². The van der Waals surface area contributed by atoms with Crippen molar-refractivity contribution in [3.05, 3.63) is 69.0 Å². The zero-order chi connectivity index (χ0) is 27.5. The predicted octanol–water partition coefficient (Wildman–Crippen LogP) is 7.40. The molecule has 0 saturated carbocycles. The molecular formula is C26H29Cl3FN5O2. The van der Waals surface area contributed by atoms with Crippen molar-refractivity contribution in [3.8, 4) is 5.69 Å². The molecule has 0 aliphatic carbocycles. The van der Waals surface area contributed by atoms with Gasteiger partial charge in [-0.05, 0) is 42.3 Å². The standard InChI is InChI=1S/C26H29Cl3FN5O2/c1-15(2)13-34(25(37)31-16-6-9-21(30)20(29)10-16)14-24(36)32-23-12-22(26(3,4)5)33-35(23)17-7-8-18(27)19(28)11-17/h6-12,15H,13-14H2,1-5H3,(H,31,37)(H,32,36). The van der Waals surface area contributed by atoms with E-state index >= 15 is 0 Å². The van der Waals surface area contributed by atoms with Crippen molar-refractivity contribution < 1.29 is 14.0 Å². The highest BCUT2D eigenvalue weighted by Crippen LogP contribution is 2.29. The average molecular weight is 569 g/mol. The Morgan fingerprint density at radius 2 is 1.70 bits per heavy atom. The minimum Gasteiger partial charge on any atom is -0.315 e. The fourth-order valence-electron chi connectivity index (χ4n) is 3.44. The van der Waals surface area contributed by atoms with Gasteiger partial charge in [-0.3, -0.25) is 4.79 Å². The lowest BCUT2D eigenvalue weighted by atomic mass is 9.92. The highest BCUT2D eigenvalue weighted by Gasteiger charge is 2.24. The number of urea groups is 1. The molecule has 37 heavy (non-hydrogen) atoms. The molecule has 0 aliphatic heterocycles. The smallest absolute Gasteiger partial charge is 0.315 e. The zero-order valence-electron chi connectivity index (χ0n) is 21.2. The predicted molar refractivity (Wildman–Crippen MR) is 148 cm³/mol. The van der Waals surface area contributed by atoms with E-state index in [2.05, 4.69) is 15.7 Å². The van der Waals surface area contributed by atoms with Crippen molar-refractivity contribution in [2.75, 3.05) is 23.7 Å². The molecule has 0 spiro atoms. The van der Waals surface area contributed by atoms with Gasteiger partial charge >= 0.3 is 6.03 Å². The Kier molecular flexibility index (Phi) is 9.10. The highest BCUT2D eigenvalue weighted by molar-refractivity contribution is 6.42. The first-order valence-electron chi connectivity index (χ1n) is 11.6. The summed E-state index contributed by atoms with van der Waals surface area (Å²) in [4.78, 5) is 27.5. The summed E-state index contributed by atoms with van der Waals surface area (Å²) in [5, 5.41) is 10.8. The molecule has 7 nitrogen and oxygen atoms in total. The summed E-state index contributed by atoms with van der Waals surface area (Å²) in [5.74, 6) is -0.506. The van der Waals surface area contributed by atoms with Crippen LogP contribution in [0.25, 0.3) is 5.69 Å². The fraction of sp³-hybridized carbons (Fsp3) is 0.346. The number of nitrogens with zero attached hydrogens (tertiary/aromatic N) is 3. The van der Waals surface area contributed by atoms with E-state index in [-0.39, 0.29) is 22.9 Å². The number of benzene rings is 2. The SMILES string of the molecule is CC(C)CN(CC(=O)Nc1cc(C(C)(C)C)nn1-c1ccc(Cl)c(Cl)c1)C(=O)Nc1ccc(F)c(Cl)c1. The van der Waals surface area contributed by atoms with Crippen LogP contribution in [-0.4, -0.2) is 39.7 Å². The van der Waals surface area contributed by atoms with Crippen molar-refractivity contribution >= 4 is 58.2 Å². The van der Waals surface area contributed by atoms with Gasteiger partial charge in [0.05, 0.1) is 26.4 Å². The minimum atomic E-state index is -0.591. The maximum Gasteiger partial charge on any atom is 0.322 e. The lowest BCUT2D eigenvalue weighted by Crippen LogP contribution is -2.42. The summed E-state index contributed by atoms with van der Waals surface area (Å²) in [6, 6.07) is 10.2. The molecule has 0 atom stereocenters. The van der Waals surface area contributed by atoms with Crippen molar-refractivity contribution in [2.24, 2.45) is 5.92 Å². The number of anilines is 2. The molecule has 11 heteroatoms. The highest BCUT2D eigenvalue weighted by atomic mass is 35.5. The molecule has 0 radical (unpaired) electrons. The van der Waals surface area contributed by atoms with E-state index in [1.807, 2.05) is 34.6 Å². The lowest BCUT2D eigenvalue weighted by Gasteiger charge is -2.24. The second-order valence-corrected chi connectivity index (χ2v) is 11.3. The van der Waals surface area contributed by atoms with Gasteiger partial charge in [-0.1, -0.05) is 69.4 Å². The summed E-state index contributed by atoms with van der Waals surface area (Å²) < 4.78 is 15.1. The number of rotatable bonds is 7. The molecule has 1 heterocycles. The van der Waals surface area contributed by atoms with Gasteiger partial charge in [-0.15, -0.1) is 0 Å². The second kappa shape index (κ2) is 11.7. The first-order valence-corrected chi connectivity index (χ1v) is 12.7. The molecule has 3 amide bonds. The molecule has 198 valence electrons. The number of carbonyl (C=O) groups excluding carboxylic acids is 2. The monoisotopic (exact) mass is 567 g/mol. The molecule has 0 saturated heterocycles. The third-order valence-corrected chi connectivity index (χ3v) is 6.30. The summed E-state index contributed by atoms with van der Waals surface area (Å²) in [7, 11) is 0. The summed E-state index contributed by atoms with van der Waals surface area (Å²) >= 11 is 18.1. The maximum atomic E-state index is 13.5. The van der Waals surface area contributed by atoms with Crippen molar-refractivity contribution in [3.63, 3.8) is 0 Å². The molecule has 2 aromatic carbocycles. The normalized spacial score (nSPS) is 11.5. The average Bonchev–Trinajstić information content (AvgIpc) is 3.21. The van der Waals surface area contributed by atoms with E-state index < -0.39 is 17.8 Å². The Bertz CT molecular complexity index is 1300. The van der Waals surface area contributed by atoms with E-state index in [1.54, 1.807) is 28.9 Å². The number of hydrogen-bond donors (Lipinski definition) is 2. The van der Waals surface area contributed by atoms with Crippen LogP contribution in [0, 0.1) is 11.7 Å². The van der Waals surface area contributed by atoms with Crippen LogP contribution in [0.1, 0.15) is 40.3 Å². The number of aromatic nitrogens is 2. The molecule has 1 aromatic heterocycles. The first-order chi connectivity index (χ1) is 17.2. The van der Waals surface area contributed by atoms with Crippen molar-refractivity contribution in [2.45, 2.75) is 40.0 Å². The van der Waals surface area contributed by atoms with E-state index in [4.69, 9.17) is 34.8 Å². The topological polar surface area (TPSA) is 79.3 Å². The van der Waals surface area contributed by atoms with Crippen molar-refractivity contribution in [1.29, 1.82) is 0 Å². The van der Waals surface area contributed by atoms with Gasteiger partial charge in [0.2, 0.25) is 5.91 Å². The number of carbonyl (C=O) groups is 2. The molecule has 0 fully saturated rings. The third-order valence-electron chi connectivity index (χ3n) is 5.27.